The number of carbonyl (C=O) groups excluding carboxylic acids is 3. The molecule has 0 radical (unpaired) electrons. The van der Waals surface area contributed by atoms with Crippen LogP contribution in [0.5, 0.6) is 11.5 Å². The Kier molecular flexibility index (Phi) is 13.9. The number of benzene rings is 1. The highest BCUT2D eigenvalue weighted by Gasteiger charge is 2.23. The molecule has 0 aliphatic heterocycles. The molecule has 208 valence electrons. The van der Waals surface area contributed by atoms with Crippen molar-refractivity contribution >= 4 is 23.9 Å². The second-order valence-corrected chi connectivity index (χ2v) is 10.1. The minimum atomic E-state index is -1.08. The molecule has 9 nitrogen and oxygen atoms in total. The largest absolute Gasteiger partial charge is 0.480 e. The van der Waals surface area contributed by atoms with Gasteiger partial charge in [-0.2, -0.15) is 0 Å². The van der Waals surface area contributed by atoms with E-state index in [-0.39, 0.29) is 61.0 Å². The molecule has 1 rings (SSSR count). The van der Waals surface area contributed by atoms with Crippen LogP contribution < -0.4 is 14.8 Å². The minimum absolute atomic E-state index is 0.0667. The molecule has 0 amide bonds. The van der Waals surface area contributed by atoms with Crippen molar-refractivity contribution in [2.24, 2.45) is 17.8 Å². The van der Waals surface area contributed by atoms with Crippen LogP contribution in [-0.4, -0.2) is 47.7 Å². The summed E-state index contributed by atoms with van der Waals surface area (Å²) in [4.78, 5) is 48.5. The highest BCUT2D eigenvalue weighted by molar-refractivity contribution is 5.77. The first kappa shape index (κ1) is 32.1. The fourth-order valence-corrected chi connectivity index (χ4v) is 3.20. The van der Waals surface area contributed by atoms with Crippen molar-refractivity contribution in [2.45, 2.75) is 92.7 Å². The molecular formula is C28H43NO8. The van der Waals surface area contributed by atoms with Crippen LogP contribution >= 0.6 is 0 Å². The fourth-order valence-electron chi connectivity index (χ4n) is 3.20. The van der Waals surface area contributed by atoms with Gasteiger partial charge in [-0.05, 0) is 42.9 Å². The Balaban J connectivity index is 3.05. The number of ether oxygens (including phenoxy) is 3. The van der Waals surface area contributed by atoms with Crippen molar-refractivity contribution in [3.8, 4) is 11.5 Å². The van der Waals surface area contributed by atoms with Gasteiger partial charge in [-0.25, -0.2) is 0 Å². The summed E-state index contributed by atoms with van der Waals surface area (Å²) in [5, 5.41) is 12.6. The van der Waals surface area contributed by atoms with Gasteiger partial charge < -0.3 is 24.6 Å². The molecule has 0 fully saturated rings. The van der Waals surface area contributed by atoms with Crippen molar-refractivity contribution in [2.75, 3.05) is 6.54 Å². The van der Waals surface area contributed by atoms with E-state index in [1.54, 1.807) is 26.8 Å². The molecule has 0 aromatic heterocycles. The molecule has 2 N–H and O–H groups in total. The summed E-state index contributed by atoms with van der Waals surface area (Å²) < 4.78 is 16.3. The van der Waals surface area contributed by atoms with Crippen LogP contribution in [0.3, 0.4) is 0 Å². The summed E-state index contributed by atoms with van der Waals surface area (Å²) in [6, 6.07) is 3.70. The zero-order valence-electron chi connectivity index (χ0n) is 23.2. The zero-order valence-corrected chi connectivity index (χ0v) is 23.2. The molecule has 37 heavy (non-hydrogen) atoms. The predicted octanol–water partition coefficient (Wildman–Crippen LogP) is 4.54. The van der Waals surface area contributed by atoms with Crippen molar-refractivity contribution in [3.05, 3.63) is 23.8 Å². The summed E-state index contributed by atoms with van der Waals surface area (Å²) in [5.41, 5.74) is 0.569. The number of aliphatic carboxylic acids is 1. The molecule has 9 heteroatoms. The smallest absolute Gasteiger partial charge is 0.321 e. The second-order valence-electron chi connectivity index (χ2n) is 10.1. The zero-order chi connectivity index (χ0) is 28.1. The van der Waals surface area contributed by atoms with Gasteiger partial charge in [0.1, 0.15) is 12.1 Å². The van der Waals surface area contributed by atoms with Crippen LogP contribution in [0.2, 0.25) is 0 Å². The van der Waals surface area contributed by atoms with Gasteiger partial charge in [0.15, 0.2) is 11.5 Å². The lowest BCUT2D eigenvalue weighted by Gasteiger charge is -2.20. The van der Waals surface area contributed by atoms with Gasteiger partial charge in [-0.15, -0.1) is 0 Å². The Hall–Kier alpha value is -2.94. The Morgan fingerprint density at radius 1 is 0.865 bits per heavy atom. The van der Waals surface area contributed by atoms with E-state index >= 15 is 0 Å². The van der Waals surface area contributed by atoms with Crippen molar-refractivity contribution in [1.82, 2.24) is 5.32 Å². The third kappa shape index (κ3) is 12.2. The second kappa shape index (κ2) is 16.0. The Morgan fingerprint density at radius 2 is 1.41 bits per heavy atom. The van der Waals surface area contributed by atoms with E-state index in [0.29, 0.717) is 5.56 Å². The molecule has 0 saturated carbocycles. The molecule has 0 saturated heterocycles. The maximum absolute atomic E-state index is 12.5. The number of carboxylic acid groups (broad SMARTS) is 1. The van der Waals surface area contributed by atoms with E-state index in [4.69, 9.17) is 14.2 Å². The average molecular weight is 522 g/mol. The molecule has 0 aliphatic carbocycles. The molecule has 1 aromatic carbocycles. The number of esters is 3. The van der Waals surface area contributed by atoms with Crippen LogP contribution in [0.1, 0.15) is 79.7 Å². The van der Waals surface area contributed by atoms with Crippen molar-refractivity contribution < 1.29 is 38.5 Å². The lowest BCUT2D eigenvalue weighted by atomic mass is 10.0. The van der Waals surface area contributed by atoms with Gasteiger partial charge in [0.25, 0.3) is 0 Å². The third-order valence-electron chi connectivity index (χ3n) is 6.06. The first-order valence-corrected chi connectivity index (χ1v) is 13.1. The van der Waals surface area contributed by atoms with Crippen LogP contribution in [0.4, 0.5) is 0 Å². The molecule has 0 aliphatic rings. The van der Waals surface area contributed by atoms with E-state index in [2.05, 4.69) is 5.32 Å². The monoisotopic (exact) mass is 521 g/mol. The summed E-state index contributed by atoms with van der Waals surface area (Å²) in [6.07, 6.45) is 1.61. The molecule has 1 aromatic rings. The highest BCUT2D eigenvalue weighted by atomic mass is 16.6. The number of carbonyl (C=O) groups is 4. The normalized spacial score (nSPS) is 14.4. The number of carboxylic acids is 1. The van der Waals surface area contributed by atoms with Gasteiger partial charge in [0.05, 0.1) is 5.92 Å². The molecule has 0 spiro atoms. The molecular weight excluding hydrogens is 478 g/mol. The van der Waals surface area contributed by atoms with Gasteiger partial charge in [0, 0.05) is 19.4 Å². The number of rotatable bonds is 16. The van der Waals surface area contributed by atoms with Gasteiger partial charge >= 0.3 is 23.9 Å². The minimum Gasteiger partial charge on any atom is -0.480 e. The summed E-state index contributed by atoms with van der Waals surface area (Å²) in [6.45, 7) is 13.1. The maximum atomic E-state index is 12.5. The van der Waals surface area contributed by atoms with Crippen LogP contribution in [0.15, 0.2) is 18.2 Å². The third-order valence-corrected chi connectivity index (χ3v) is 6.06. The molecule has 0 heterocycles. The standard InChI is InChI=1S/C28H43NO8/c1-8-18(5)12-25(30)36-23-11-10-21(15-24(23)37-26(31)13-19(6)9-2)14-22(27(32)33)29-16-20(7)35-28(34)17(3)4/h10-11,15,17-20,22,29H,8-9,12-14,16H2,1-7H3,(H,32,33)/t18?,19?,20?,22-/m0/s1. The van der Waals surface area contributed by atoms with Gasteiger partial charge in [0.2, 0.25) is 0 Å². The van der Waals surface area contributed by atoms with Crippen LogP contribution in [-0.2, 0) is 30.3 Å². The summed E-state index contributed by atoms with van der Waals surface area (Å²) in [7, 11) is 0. The Labute approximate surface area is 220 Å². The van der Waals surface area contributed by atoms with E-state index in [1.165, 1.54) is 12.1 Å². The lowest BCUT2D eigenvalue weighted by Crippen LogP contribution is -2.43. The number of hydrogen-bond acceptors (Lipinski definition) is 8. The fraction of sp³-hybridized carbons (Fsp3) is 0.643. The number of nitrogens with one attached hydrogen (secondary N) is 1. The lowest BCUT2D eigenvalue weighted by molar-refractivity contribution is -0.152. The summed E-state index contributed by atoms with van der Waals surface area (Å²) in [5.74, 6) is -2.15. The highest BCUT2D eigenvalue weighted by Crippen LogP contribution is 2.30. The molecule has 4 atom stereocenters. The van der Waals surface area contributed by atoms with Gasteiger partial charge in [-0.3, -0.25) is 19.2 Å². The van der Waals surface area contributed by atoms with E-state index in [9.17, 15) is 24.3 Å². The van der Waals surface area contributed by atoms with E-state index in [1.807, 2.05) is 27.7 Å². The summed E-state index contributed by atoms with van der Waals surface area (Å²) >= 11 is 0. The van der Waals surface area contributed by atoms with Crippen LogP contribution in [0, 0.1) is 17.8 Å². The van der Waals surface area contributed by atoms with Crippen molar-refractivity contribution in [3.63, 3.8) is 0 Å². The van der Waals surface area contributed by atoms with Crippen molar-refractivity contribution in [1.29, 1.82) is 0 Å². The number of hydrogen-bond donors (Lipinski definition) is 2. The van der Waals surface area contributed by atoms with E-state index < -0.39 is 30.1 Å². The van der Waals surface area contributed by atoms with Gasteiger partial charge in [-0.1, -0.05) is 60.5 Å². The quantitative estimate of drug-likeness (QED) is 0.238. The first-order valence-electron chi connectivity index (χ1n) is 13.1. The maximum Gasteiger partial charge on any atom is 0.321 e. The average Bonchev–Trinajstić information content (AvgIpc) is 2.82. The van der Waals surface area contributed by atoms with Crippen LogP contribution in [0.25, 0.3) is 0 Å². The molecule has 0 bridgehead atoms. The Morgan fingerprint density at radius 3 is 1.89 bits per heavy atom. The molecule has 3 unspecified atom stereocenters. The predicted molar refractivity (Wildman–Crippen MR) is 139 cm³/mol. The first-order chi connectivity index (χ1) is 17.4. The van der Waals surface area contributed by atoms with E-state index in [0.717, 1.165) is 12.8 Å². The SMILES string of the molecule is CCC(C)CC(=O)Oc1ccc(C[C@H](NCC(C)OC(=O)C(C)C)C(=O)O)cc1OC(=O)CC(C)CC. The topological polar surface area (TPSA) is 128 Å². The Bertz CT molecular complexity index is 913.